The highest BCUT2D eigenvalue weighted by Gasteiger charge is 2.24. The molecule has 1 amide bonds. The van der Waals surface area contributed by atoms with Crippen LogP contribution in [0.3, 0.4) is 0 Å². The molecule has 1 fully saturated rings. The largest absolute Gasteiger partial charge is 0.497 e. The molecule has 156 valence electrons. The van der Waals surface area contributed by atoms with Crippen LogP contribution in [0.1, 0.15) is 34.8 Å². The van der Waals surface area contributed by atoms with Crippen molar-refractivity contribution in [2.75, 3.05) is 37.7 Å². The third kappa shape index (κ3) is 5.71. The summed E-state index contributed by atoms with van der Waals surface area (Å²) in [4.78, 5) is 15.2. The molecule has 2 N–H and O–H groups in total. The van der Waals surface area contributed by atoms with E-state index in [4.69, 9.17) is 4.74 Å². The van der Waals surface area contributed by atoms with Gasteiger partial charge < -0.3 is 10.1 Å². The van der Waals surface area contributed by atoms with Crippen LogP contribution in [0.4, 0.5) is 5.69 Å². The molecule has 0 aliphatic carbocycles. The van der Waals surface area contributed by atoms with E-state index < -0.39 is 10.0 Å². The molecule has 2 aromatic rings. The summed E-state index contributed by atoms with van der Waals surface area (Å²) < 4.78 is 30.8. The molecule has 0 spiro atoms. The van der Waals surface area contributed by atoms with E-state index >= 15 is 0 Å². The third-order valence-electron chi connectivity index (χ3n) is 5.01. The van der Waals surface area contributed by atoms with Crippen LogP contribution in [0.25, 0.3) is 0 Å². The topological polar surface area (TPSA) is 87.7 Å². The molecule has 0 saturated carbocycles. The van der Waals surface area contributed by atoms with Crippen LogP contribution in [-0.2, 0) is 10.0 Å². The average Bonchev–Trinajstić information content (AvgIpc) is 3.22. The Bertz CT molecular complexity index is 939. The molecule has 2 aromatic carbocycles. The number of benzene rings is 2. The number of hydrogen-bond acceptors (Lipinski definition) is 5. The lowest BCUT2D eigenvalue weighted by atomic mass is 10.0. The van der Waals surface area contributed by atoms with Crippen LogP contribution in [0.5, 0.6) is 5.75 Å². The number of methoxy groups -OCH3 is 1. The lowest BCUT2D eigenvalue weighted by Gasteiger charge is -2.28. The number of likely N-dealkylation sites (tertiary alicyclic amines) is 1. The maximum Gasteiger partial charge on any atom is 0.253 e. The van der Waals surface area contributed by atoms with Crippen molar-refractivity contribution in [3.8, 4) is 5.75 Å². The smallest absolute Gasteiger partial charge is 0.253 e. The second-order valence-electron chi connectivity index (χ2n) is 7.16. The van der Waals surface area contributed by atoms with Gasteiger partial charge in [-0.05, 0) is 55.8 Å². The zero-order chi connectivity index (χ0) is 20.9. The molecule has 8 heteroatoms. The lowest BCUT2D eigenvalue weighted by Crippen LogP contribution is -2.37. The Balaban J connectivity index is 1.76. The highest BCUT2D eigenvalue weighted by Crippen LogP contribution is 2.26. The second-order valence-corrected chi connectivity index (χ2v) is 8.91. The predicted octanol–water partition coefficient (Wildman–Crippen LogP) is 2.63. The summed E-state index contributed by atoms with van der Waals surface area (Å²) in [6.45, 7) is 2.40. The molecular weight excluding hydrogens is 390 g/mol. The van der Waals surface area contributed by atoms with Crippen molar-refractivity contribution in [1.82, 2.24) is 10.2 Å². The molecule has 0 aromatic heterocycles. The van der Waals surface area contributed by atoms with E-state index in [0.29, 0.717) is 12.1 Å². The molecule has 1 atom stereocenters. The van der Waals surface area contributed by atoms with Gasteiger partial charge in [-0.15, -0.1) is 0 Å². The van der Waals surface area contributed by atoms with Crippen LogP contribution >= 0.6 is 0 Å². The second kappa shape index (κ2) is 9.28. The van der Waals surface area contributed by atoms with E-state index in [1.54, 1.807) is 31.4 Å². The normalized spacial score (nSPS) is 15.7. The number of ether oxygens (including phenoxy) is 1. The fraction of sp³-hybridized carbons (Fsp3) is 0.381. The first kappa shape index (κ1) is 21.1. The molecule has 1 aliphatic heterocycles. The molecule has 3 rings (SSSR count). The van der Waals surface area contributed by atoms with Gasteiger partial charge >= 0.3 is 0 Å². The minimum atomic E-state index is -3.48. The predicted molar refractivity (Wildman–Crippen MR) is 114 cm³/mol. The molecular formula is C21H27N3O4S. The van der Waals surface area contributed by atoms with Crippen molar-refractivity contribution in [1.29, 1.82) is 0 Å². The lowest BCUT2D eigenvalue weighted by molar-refractivity contribution is 0.0939. The van der Waals surface area contributed by atoms with Crippen molar-refractivity contribution in [3.63, 3.8) is 0 Å². The van der Waals surface area contributed by atoms with E-state index in [-0.39, 0.29) is 17.6 Å². The number of rotatable bonds is 8. The number of carbonyl (C=O) groups excluding carboxylic acids is 1. The van der Waals surface area contributed by atoms with E-state index in [2.05, 4.69) is 14.9 Å². The molecule has 0 unspecified atom stereocenters. The third-order valence-corrected chi connectivity index (χ3v) is 5.60. The molecule has 7 nitrogen and oxygen atoms in total. The Hall–Kier alpha value is -2.58. The molecule has 0 bridgehead atoms. The first-order valence-electron chi connectivity index (χ1n) is 9.60. The first-order chi connectivity index (χ1) is 13.9. The number of carbonyl (C=O) groups is 1. The monoisotopic (exact) mass is 417 g/mol. The summed E-state index contributed by atoms with van der Waals surface area (Å²) in [6, 6.07) is 14.5. The minimum Gasteiger partial charge on any atom is -0.497 e. The Kier molecular flexibility index (Phi) is 6.76. The maximum atomic E-state index is 12.8. The summed E-state index contributed by atoms with van der Waals surface area (Å²) in [5.74, 6) is 0.480. The Morgan fingerprint density at radius 1 is 1.10 bits per heavy atom. The van der Waals surface area contributed by atoms with Gasteiger partial charge in [0.05, 0.1) is 30.7 Å². The molecule has 1 heterocycles. The van der Waals surface area contributed by atoms with Gasteiger partial charge in [-0.3, -0.25) is 14.4 Å². The van der Waals surface area contributed by atoms with Crippen molar-refractivity contribution in [2.24, 2.45) is 0 Å². The van der Waals surface area contributed by atoms with Gasteiger partial charge in [0.1, 0.15) is 5.75 Å². The summed E-state index contributed by atoms with van der Waals surface area (Å²) >= 11 is 0. The van der Waals surface area contributed by atoms with Crippen LogP contribution < -0.4 is 14.8 Å². The average molecular weight is 418 g/mol. The molecule has 1 saturated heterocycles. The summed E-state index contributed by atoms with van der Waals surface area (Å²) in [7, 11) is -1.84. The van der Waals surface area contributed by atoms with E-state index in [1.165, 1.54) is 0 Å². The first-order valence-corrected chi connectivity index (χ1v) is 11.5. The van der Waals surface area contributed by atoms with Gasteiger partial charge in [0.15, 0.2) is 0 Å². The number of para-hydroxylation sites is 1. The van der Waals surface area contributed by atoms with Crippen LogP contribution in [0.15, 0.2) is 48.5 Å². The van der Waals surface area contributed by atoms with Gasteiger partial charge in [-0.1, -0.05) is 24.3 Å². The zero-order valence-electron chi connectivity index (χ0n) is 16.7. The van der Waals surface area contributed by atoms with Crippen molar-refractivity contribution in [2.45, 2.75) is 18.9 Å². The van der Waals surface area contributed by atoms with E-state index in [1.807, 2.05) is 24.3 Å². The van der Waals surface area contributed by atoms with Crippen molar-refractivity contribution >= 4 is 21.6 Å². The van der Waals surface area contributed by atoms with E-state index in [0.717, 1.165) is 43.5 Å². The number of nitrogens with one attached hydrogen (secondary N) is 2. The molecule has 1 aliphatic rings. The van der Waals surface area contributed by atoms with Crippen LogP contribution in [0.2, 0.25) is 0 Å². The van der Waals surface area contributed by atoms with Gasteiger partial charge in [-0.2, -0.15) is 0 Å². The maximum absolute atomic E-state index is 12.8. The summed E-state index contributed by atoms with van der Waals surface area (Å²) in [5, 5.41) is 2.98. The summed E-state index contributed by atoms with van der Waals surface area (Å²) in [5.41, 5.74) is 1.68. The summed E-state index contributed by atoms with van der Waals surface area (Å²) in [6.07, 6.45) is 3.35. The van der Waals surface area contributed by atoms with E-state index in [9.17, 15) is 13.2 Å². The number of nitrogens with zero attached hydrogens (tertiary/aromatic N) is 1. The fourth-order valence-corrected chi connectivity index (χ4v) is 4.17. The minimum absolute atomic E-state index is 0.0439. The Labute approximate surface area is 172 Å². The Morgan fingerprint density at radius 3 is 2.38 bits per heavy atom. The fourth-order valence-electron chi connectivity index (χ4n) is 3.59. The van der Waals surface area contributed by atoms with Gasteiger partial charge in [0.2, 0.25) is 10.0 Å². The number of hydrogen-bond donors (Lipinski definition) is 2. The molecule has 29 heavy (non-hydrogen) atoms. The standard InChI is InChI=1S/C21H27N3O4S/c1-28-17-11-9-16(10-12-17)20(24-13-5-6-14-24)15-22-21(25)18-7-3-4-8-19(18)23-29(2,26)27/h3-4,7-12,20,23H,5-6,13-15H2,1-2H3,(H,22,25)/t20-/m0/s1. The quantitative estimate of drug-likeness (QED) is 0.689. The number of amides is 1. The van der Waals surface area contributed by atoms with Gasteiger partial charge in [0.25, 0.3) is 5.91 Å². The zero-order valence-corrected chi connectivity index (χ0v) is 17.5. The molecule has 0 radical (unpaired) electrons. The number of sulfonamides is 1. The van der Waals surface area contributed by atoms with Gasteiger partial charge in [-0.25, -0.2) is 8.42 Å². The van der Waals surface area contributed by atoms with Crippen molar-refractivity contribution < 1.29 is 17.9 Å². The van der Waals surface area contributed by atoms with Gasteiger partial charge in [0, 0.05) is 6.54 Å². The number of anilines is 1. The van der Waals surface area contributed by atoms with Crippen LogP contribution in [0, 0.1) is 0 Å². The highest BCUT2D eigenvalue weighted by molar-refractivity contribution is 7.92. The SMILES string of the molecule is COc1ccc([C@H](CNC(=O)c2ccccc2NS(C)(=O)=O)N2CCCC2)cc1. The Morgan fingerprint density at radius 2 is 1.76 bits per heavy atom. The highest BCUT2D eigenvalue weighted by atomic mass is 32.2. The van der Waals surface area contributed by atoms with Crippen LogP contribution in [-0.4, -0.2) is 52.2 Å². The van der Waals surface area contributed by atoms with Crippen molar-refractivity contribution in [3.05, 3.63) is 59.7 Å².